The van der Waals surface area contributed by atoms with Crippen LogP contribution < -0.4 is 20.9 Å². The molecule has 1 heterocycles. The Labute approximate surface area is 215 Å². The Morgan fingerprint density at radius 2 is 1.62 bits per heavy atom. The number of ether oxygens (including phenoxy) is 1. The zero-order valence-electron chi connectivity index (χ0n) is 21.3. The Kier molecular flexibility index (Phi) is 7.57. The maximum Gasteiger partial charge on any atom is 0.295 e. The van der Waals surface area contributed by atoms with Gasteiger partial charge in [-0.25, -0.2) is 4.68 Å². The summed E-state index contributed by atoms with van der Waals surface area (Å²) < 4.78 is 8.77. The van der Waals surface area contributed by atoms with E-state index in [1.165, 1.54) is 10.2 Å². The maximum absolute atomic E-state index is 13.1. The number of nitrogens with zero attached hydrogens (tertiary/aromatic N) is 2. The van der Waals surface area contributed by atoms with Gasteiger partial charge in [-0.2, -0.15) is 0 Å². The number of benzene rings is 3. The van der Waals surface area contributed by atoms with Gasteiger partial charge in [-0.05, 0) is 60.9 Å². The molecule has 4 rings (SSSR count). The van der Waals surface area contributed by atoms with Gasteiger partial charge in [0.2, 0.25) is 0 Å². The van der Waals surface area contributed by atoms with Gasteiger partial charge in [0.1, 0.15) is 11.4 Å². The van der Waals surface area contributed by atoms with Crippen LogP contribution in [-0.2, 0) is 11.8 Å². The van der Waals surface area contributed by atoms with Crippen molar-refractivity contribution in [1.82, 2.24) is 9.36 Å². The molecule has 37 heavy (non-hydrogen) atoms. The summed E-state index contributed by atoms with van der Waals surface area (Å²) in [6.07, 6.45) is 0. The van der Waals surface area contributed by atoms with Crippen molar-refractivity contribution in [2.45, 2.75) is 26.7 Å². The van der Waals surface area contributed by atoms with E-state index in [9.17, 15) is 14.4 Å². The number of hydrogen-bond acceptors (Lipinski definition) is 4. The Balaban J connectivity index is 1.42. The van der Waals surface area contributed by atoms with Crippen molar-refractivity contribution in [3.8, 4) is 11.4 Å². The first-order valence-corrected chi connectivity index (χ1v) is 12.0. The molecule has 0 fully saturated rings. The highest BCUT2D eigenvalue weighted by Gasteiger charge is 2.19. The first-order valence-electron chi connectivity index (χ1n) is 12.0. The Morgan fingerprint density at radius 1 is 0.919 bits per heavy atom. The molecule has 4 aromatic rings. The highest BCUT2D eigenvalue weighted by molar-refractivity contribution is 6.05. The number of amides is 2. The van der Waals surface area contributed by atoms with Gasteiger partial charge in [0.25, 0.3) is 17.4 Å². The molecule has 0 aliphatic carbocycles. The molecule has 1 aromatic heterocycles. The van der Waals surface area contributed by atoms with Crippen molar-refractivity contribution in [1.29, 1.82) is 0 Å². The fraction of sp³-hybridized carbons (Fsp3) is 0.207. The van der Waals surface area contributed by atoms with Gasteiger partial charge in [0.15, 0.2) is 6.61 Å². The molecule has 8 heteroatoms. The van der Waals surface area contributed by atoms with E-state index in [1.54, 1.807) is 42.9 Å². The van der Waals surface area contributed by atoms with Crippen molar-refractivity contribution in [3.05, 3.63) is 106 Å². The predicted molar refractivity (Wildman–Crippen MR) is 145 cm³/mol. The SMILES string of the molecule is Cc1c(NC(=O)c2cccc(NC(=O)COc3ccc(C(C)C)cc3)c2)c(=O)n(-c2ccccc2)n1C. The highest BCUT2D eigenvalue weighted by Crippen LogP contribution is 2.19. The number of carbonyl (C=O) groups excluding carboxylic acids is 2. The van der Waals surface area contributed by atoms with Gasteiger partial charge in [-0.3, -0.25) is 19.1 Å². The Hall–Kier alpha value is -4.59. The van der Waals surface area contributed by atoms with Crippen LogP contribution in [0.25, 0.3) is 5.69 Å². The number of nitrogens with one attached hydrogen (secondary N) is 2. The molecule has 8 nitrogen and oxygen atoms in total. The number of rotatable bonds is 8. The Morgan fingerprint density at radius 3 is 2.30 bits per heavy atom. The molecular formula is C29H30N4O4. The zero-order chi connectivity index (χ0) is 26.5. The van der Waals surface area contributed by atoms with Crippen LogP contribution in [0.1, 0.15) is 41.4 Å². The zero-order valence-corrected chi connectivity index (χ0v) is 21.3. The summed E-state index contributed by atoms with van der Waals surface area (Å²) in [5, 5.41) is 5.48. The van der Waals surface area contributed by atoms with Crippen molar-refractivity contribution in [2.24, 2.45) is 7.05 Å². The van der Waals surface area contributed by atoms with Gasteiger partial charge in [-0.15, -0.1) is 0 Å². The molecule has 0 bridgehead atoms. The minimum Gasteiger partial charge on any atom is -0.484 e. The molecule has 0 saturated carbocycles. The molecule has 0 unspecified atom stereocenters. The standard InChI is InChI=1S/C29H30N4O4/c1-19(2)21-13-15-25(16-14-21)37-18-26(34)30-23-10-8-9-22(17-23)28(35)31-27-20(3)32(4)33(29(27)36)24-11-6-5-7-12-24/h5-17,19H,18H2,1-4H3,(H,30,34)(H,31,35). The molecule has 0 spiro atoms. The van der Waals surface area contributed by atoms with Gasteiger partial charge in [-0.1, -0.05) is 50.2 Å². The fourth-order valence-corrected chi connectivity index (χ4v) is 3.93. The second-order valence-corrected chi connectivity index (χ2v) is 9.03. The lowest BCUT2D eigenvalue weighted by Crippen LogP contribution is -2.23. The summed E-state index contributed by atoms with van der Waals surface area (Å²) in [6, 6.07) is 23.3. The number of hydrogen-bond donors (Lipinski definition) is 2. The van der Waals surface area contributed by atoms with E-state index >= 15 is 0 Å². The summed E-state index contributed by atoms with van der Waals surface area (Å²) >= 11 is 0. The number of aromatic nitrogens is 2. The van der Waals surface area contributed by atoms with Gasteiger partial charge >= 0.3 is 0 Å². The molecule has 190 valence electrons. The summed E-state index contributed by atoms with van der Waals surface area (Å²) in [7, 11) is 1.76. The molecule has 0 radical (unpaired) electrons. The molecular weight excluding hydrogens is 468 g/mol. The van der Waals surface area contributed by atoms with Gasteiger partial charge < -0.3 is 15.4 Å². The van der Waals surface area contributed by atoms with E-state index in [0.29, 0.717) is 34.3 Å². The third kappa shape index (κ3) is 5.81. The van der Waals surface area contributed by atoms with Crippen LogP contribution in [0.15, 0.2) is 83.7 Å². The van der Waals surface area contributed by atoms with Crippen molar-refractivity contribution in [2.75, 3.05) is 17.2 Å². The molecule has 0 aliphatic heterocycles. The number of carbonyl (C=O) groups is 2. The lowest BCUT2D eigenvalue weighted by Gasteiger charge is -2.10. The first-order chi connectivity index (χ1) is 17.7. The van der Waals surface area contributed by atoms with Crippen LogP contribution in [0, 0.1) is 6.92 Å². The second-order valence-electron chi connectivity index (χ2n) is 9.03. The third-order valence-corrected chi connectivity index (χ3v) is 6.12. The van der Waals surface area contributed by atoms with Crippen molar-refractivity contribution in [3.63, 3.8) is 0 Å². The van der Waals surface area contributed by atoms with E-state index in [-0.39, 0.29) is 23.8 Å². The third-order valence-electron chi connectivity index (χ3n) is 6.12. The second kappa shape index (κ2) is 11.0. The molecule has 3 aromatic carbocycles. The topological polar surface area (TPSA) is 94.4 Å². The molecule has 0 saturated heterocycles. The minimum atomic E-state index is -0.455. The maximum atomic E-state index is 13.1. The lowest BCUT2D eigenvalue weighted by molar-refractivity contribution is -0.118. The molecule has 0 aliphatic rings. The van der Waals surface area contributed by atoms with Crippen LogP contribution in [0.2, 0.25) is 0 Å². The first kappa shape index (κ1) is 25.5. The van der Waals surface area contributed by atoms with E-state index in [1.807, 2.05) is 54.6 Å². The van der Waals surface area contributed by atoms with Gasteiger partial charge in [0.05, 0.1) is 11.4 Å². The monoisotopic (exact) mass is 498 g/mol. The van der Waals surface area contributed by atoms with Crippen molar-refractivity contribution >= 4 is 23.2 Å². The average Bonchev–Trinajstić information content (AvgIpc) is 3.11. The van der Waals surface area contributed by atoms with E-state index < -0.39 is 5.91 Å². The van der Waals surface area contributed by atoms with Crippen LogP contribution in [0.3, 0.4) is 0 Å². The van der Waals surface area contributed by atoms with E-state index in [0.717, 1.165) is 0 Å². The highest BCUT2D eigenvalue weighted by atomic mass is 16.5. The van der Waals surface area contributed by atoms with Crippen LogP contribution >= 0.6 is 0 Å². The van der Waals surface area contributed by atoms with Crippen LogP contribution in [0.4, 0.5) is 11.4 Å². The van der Waals surface area contributed by atoms with Crippen LogP contribution in [0.5, 0.6) is 5.75 Å². The number of para-hydroxylation sites is 1. The van der Waals surface area contributed by atoms with Crippen molar-refractivity contribution < 1.29 is 14.3 Å². The smallest absolute Gasteiger partial charge is 0.295 e. The van der Waals surface area contributed by atoms with Crippen LogP contribution in [-0.4, -0.2) is 27.8 Å². The molecule has 0 atom stereocenters. The summed E-state index contributed by atoms with van der Waals surface area (Å²) in [6.45, 7) is 5.82. The summed E-state index contributed by atoms with van der Waals surface area (Å²) in [5.41, 5.74) is 3.12. The Bertz CT molecular complexity index is 1470. The molecule has 2 amide bonds. The minimum absolute atomic E-state index is 0.167. The summed E-state index contributed by atoms with van der Waals surface area (Å²) in [4.78, 5) is 38.5. The summed E-state index contributed by atoms with van der Waals surface area (Å²) in [5.74, 6) is 0.211. The largest absolute Gasteiger partial charge is 0.484 e. The predicted octanol–water partition coefficient (Wildman–Crippen LogP) is 4.88. The fourth-order valence-electron chi connectivity index (χ4n) is 3.93. The lowest BCUT2D eigenvalue weighted by atomic mass is 10.0. The quantitative estimate of drug-likeness (QED) is 0.362. The van der Waals surface area contributed by atoms with E-state index in [2.05, 4.69) is 24.5 Å². The van der Waals surface area contributed by atoms with Gasteiger partial charge in [0, 0.05) is 18.3 Å². The average molecular weight is 499 g/mol. The van der Waals surface area contributed by atoms with E-state index in [4.69, 9.17) is 4.74 Å². The molecule has 2 N–H and O–H groups in total. The number of anilines is 2. The normalized spacial score (nSPS) is 10.8.